The van der Waals surface area contributed by atoms with Gasteiger partial charge in [0.1, 0.15) is 0 Å². The fourth-order valence-corrected chi connectivity index (χ4v) is 3.85. The largest absolute Gasteiger partial charge is 0.300 e. The van der Waals surface area contributed by atoms with Crippen LogP contribution in [0, 0.1) is 0 Å². The molecule has 0 amide bonds. The minimum Gasteiger partial charge on any atom is -0.300 e. The van der Waals surface area contributed by atoms with Crippen LogP contribution >= 0.6 is 0 Å². The zero-order valence-corrected chi connectivity index (χ0v) is 15.3. The number of fused-ring (bicyclic) bond motifs is 1. The van der Waals surface area contributed by atoms with Crippen molar-refractivity contribution < 1.29 is 0 Å². The van der Waals surface area contributed by atoms with Crippen LogP contribution in [0.15, 0.2) is 49.2 Å². The predicted molar refractivity (Wildman–Crippen MR) is 102 cm³/mol. The van der Waals surface area contributed by atoms with Crippen LogP contribution in [-0.4, -0.2) is 55.3 Å². The number of pyridine rings is 1. The van der Waals surface area contributed by atoms with Gasteiger partial charge in [-0.3, -0.25) is 24.2 Å². The van der Waals surface area contributed by atoms with Crippen molar-refractivity contribution >= 4 is 5.65 Å². The Hall–Kier alpha value is -2.31. The van der Waals surface area contributed by atoms with E-state index >= 15 is 0 Å². The Morgan fingerprint density at radius 2 is 2.08 bits per heavy atom. The van der Waals surface area contributed by atoms with Crippen LogP contribution in [0.25, 0.3) is 5.65 Å². The van der Waals surface area contributed by atoms with Gasteiger partial charge in [-0.25, -0.2) is 4.98 Å². The van der Waals surface area contributed by atoms with Crippen LogP contribution in [0.4, 0.5) is 0 Å². The number of rotatable bonds is 5. The van der Waals surface area contributed by atoms with Gasteiger partial charge in [0.25, 0.3) is 0 Å². The van der Waals surface area contributed by atoms with E-state index in [0.29, 0.717) is 6.04 Å². The molecule has 0 bridgehead atoms. The highest BCUT2D eigenvalue weighted by Crippen LogP contribution is 2.19. The van der Waals surface area contributed by atoms with Gasteiger partial charge in [0.2, 0.25) is 0 Å². The molecule has 1 fully saturated rings. The molecule has 6 nitrogen and oxygen atoms in total. The van der Waals surface area contributed by atoms with Gasteiger partial charge < -0.3 is 0 Å². The molecule has 0 aromatic carbocycles. The van der Waals surface area contributed by atoms with E-state index < -0.39 is 0 Å². The summed E-state index contributed by atoms with van der Waals surface area (Å²) in [6.45, 7) is 4.13. The van der Waals surface area contributed by atoms with Crippen LogP contribution in [0.2, 0.25) is 0 Å². The summed E-state index contributed by atoms with van der Waals surface area (Å²) in [5, 5.41) is 0. The first-order valence-electron chi connectivity index (χ1n) is 9.38. The maximum absolute atomic E-state index is 4.46. The Bertz CT molecular complexity index is 830. The van der Waals surface area contributed by atoms with Gasteiger partial charge in [-0.15, -0.1) is 0 Å². The van der Waals surface area contributed by atoms with Crippen molar-refractivity contribution in [3.63, 3.8) is 0 Å². The summed E-state index contributed by atoms with van der Waals surface area (Å²) in [6, 6.07) is 6.77. The molecule has 0 spiro atoms. The topological polar surface area (TPSA) is 49.6 Å². The van der Waals surface area contributed by atoms with Crippen LogP contribution < -0.4 is 0 Å². The van der Waals surface area contributed by atoms with Gasteiger partial charge in [-0.05, 0) is 45.0 Å². The fourth-order valence-electron chi connectivity index (χ4n) is 3.85. The molecule has 1 aliphatic heterocycles. The molecule has 3 aromatic heterocycles. The fraction of sp³-hybridized carbons (Fsp3) is 0.450. The third-order valence-electron chi connectivity index (χ3n) is 5.33. The molecular weight excluding hydrogens is 324 g/mol. The second-order valence-electron chi connectivity index (χ2n) is 7.15. The van der Waals surface area contributed by atoms with Gasteiger partial charge in [-0.1, -0.05) is 6.07 Å². The number of imidazole rings is 1. The Balaban J connectivity index is 1.36. The van der Waals surface area contributed by atoms with Gasteiger partial charge in [-0.2, -0.15) is 0 Å². The van der Waals surface area contributed by atoms with E-state index in [1.807, 2.05) is 37.1 Å². The minimum atomic E-state index is 0.619. The number of likely N-dealkylation sites (tertiary alicyclic amines) is 1. The third-order valence-corrected chi connectivity index (χ3v) is 5.33. The Labute approximate surface area is 154 Å². The number of nitrogens with zero attached hydrogens (tertiary/aromatic N) is 6. The van der Waals surface area contributed by atoms with Crippen LogP contribution in [0.3, 0.4) is 0 Å². The molecule has 0 aliphatic carbocycles. The molecular formula is C20H26N6. The summed E-state index contributed by atoms with van der Waals surface area (Å²) in [5.41, 5.74) is 3.31. The van der Waals surface area contributed by atoms with E-state index in [-0.39, 0.29) is 0 Å². The van der Waals surface area contributed by atoms with E-state index in [9.17, 15) is 0 Å². The highest BCUT2D eigenvalue weighted by Gasteiger charge is 2.21. The van der Waals surface area contributed by atoms with Crippen molar-refractivity contribution in [3.8, 4) is 0 Å². The summed E-state index contributed by atoms with van der Waals surface area (Å²) in [5.74, 6) is 0. The lowest BCUT2D eigenvalue weighted by atomic mass is 10.1. The molecule has 0 unspecified atom stereocenters. The molecule has 26 heavy (non-hydrogen) atoms. The smallest absolute Gasteiger partial charge is 0.155 e. The maximum Gasteiger partial charge on any atom is 0.155 e. The summed E-state index contributed by atoms with van der Waals surface area (Å²) >= 11 is 0. The van der Waals surface area contributed by atoms with E-state index in [2.05, 4.69) is 48.3 Å². The van der Waals surface area contributed by atoms with E-state index in [1.165, 1.54) is 25.0 Å². The average Bonchev–Trinajstić information content (AvgIpc) is 2.92. The lowest BCUT2D eigenvalue weighted by Gasteiger charge is -2.27. The highest BCUT2D eigenvalue weighted by molar-refractivity contribution is 5.36. The van der Waals surface area contributed by atoms with E-state index in [4.69, 9.17) is 0 Å². The summed E-state index contributed by atoms with van der Waals surface area (Å²) in [4.78, 5) is 18.1. The number of hydrogen-bond donors (Lipinski definition) is 0. The number of hydrogen-bond acceptors (Lipinski definition) is 5. The summed E-state index contributed by atoms with van der Waals surface area (Å²) in [7, 11) is 2.23. The normalized spacial score (nSPS) is 19.1. The first-order chi connectivity index (χ1) is 12.8. The predicted octanol–water partition coefficient (Wildman–Crippen LogP) is 2.61. The molecule has 136 valence electrons. The van der Waals surface area contributed by atoms with Gasteiger partial charge in [0.05, 0.1) is 23.8 Å². The SMILES string of the molecule is CN(Cc1ccccn1)[C@@H]1CCCN(Cc2cnc3cnccn23)CC1. The molecule has 3 aromatic rings. The van der Waals surface area contributed by atoms with Gasteiger partial charge in [0.15, 0.2) is 5.65 Å². The Kier molecular flexibility index (Phi) is 5.22. The van der Waals surface area contributed by atoms with Crippen LogP contribution in [0.1, 0.15) is 30.7 Å². The van der Waals surface area contributed by atoms with Crippen molar-refractivity contribution in [2.75, 3.05) is 20.1 Å². The van der Waals surface area contributed by atoms with Gasteiger partial charge >= 0.3 is 0 Å². The molecule has 1 atom stereocenters. The standard InChI is InChI=1S/C20H26N6/c1-24(15-17-5-2-3-8-22-17)18-6-4-10-25(11-7-18)16-19-13-23-20-14-21-9-12-26(19)20/h2-3,5,8-9,12-14,18H,4,6-7,10-11,15-16H2,1H3/t18-/m1/s1. The second-order valence-corrected chi connectivity index (χ2v) is 7.15. The molecule has 0 radical (unpaired) electrons. The van der Waals surface area contributed by atoms with Crippen molar-refractivity contribution in [3.05, 3.63) is 60.6 Å². The zero-order chi connectivity index (χ0) is 17.8. The molecule has 4 rings (SSSR count). The number of aromatic nitrogens is 4. The molecule has 4 heterocycles. The van der Waals surface area contributed by atoms with Crippen molar-refractivity contribution in [2.45, 2.75) is 38.4 Å². The van der Waals surface area contributed by atoms with Crippen molar-refractivity contribution in [1.82, 2.24) is 29.2 Å². The minimum absolute atomic E-state index is 0.619. The molecule has 1 saturated heterocycles. The summed E-state index contributed by atoms with van der Waals surface area (Å²) < 4.78 is 2.14. The molecule has 0 saturated carbocycles. The second kappa shape index (κ2) is 7.93. The summed E-state index contributed by atoms with van der Waals surface area (Å²) in [6.07, 6.45) is 13.2. The lowest BCUT2D eigenvalue weighted by Crippen LogP contribution is -2.33. The quantitative estimate of drug-likeness (QED) is 0.708. The first kappa shape index (κ1) is 17.1. The Morgan fingerprint density at radius 3 is 2.96 bits per heavy atom. The molecule has 6 heteroatoms. The monoisotopic (exact) mass is 350 g/mol. The van der Waals surface area contributed by atoms with E-state index in [1.54, 1.807) is 0 Å². The molecule has 1 aliphatic rings. The lowest BCUT2D eigenvalue weighted by molar-refractivity contribution is 0.204. The van der Waals surface area contributed by atoms with Crippen molar-refractivity contribution in [1.29, 1.82) is 0 Å². The third kappa shape index (κ3) is 3.92. The average molecular weight is 350 g/mol. The van der Waals surface area contributed by atoms with Crippen molar-refractivity contribution in [2.24, 2.45) is 0 Å². The van der Waals surface area contributed by atoms with E-state index in [0.717, 1.165) is 37.5 Å². The van der Waals surface area contributed by atoms with Crippen LogP contribution in [0.5, 0.6) is 0 Å². The van der Waals surface area contributed by atoms with Gasteiger partial charge in [0, 0.05) is 44.3 Å². The maximum atomic E-state index is 4.46. The Morgan fingerprint density at radius 1 is 1.12 bits per heavy atom. The first-order valence-corrected chi connectivity index (χ1v) is 9.38. The van der Waals surface area contributed by atoms with Crippen LogP contribution in [-0.2, 0) is 13.1 Å². The molecule has 0 N–H and O–H groups in total. The zero-order valence-electron chi connectivity index (χ0n) is 15.3. The highest BCUT2D eigenvalue weighted by atomic mass is 15.2.